The molecule has 0 aliphatic carbocycles. The van der Waals surface area contributed by atoms with Crippen LogP contribution in [0.25, 0.3) is 11.1 Å². The van der Waals surface area contributed by atoms with E-state index in [1.165, 1.54) is 0 Å². The first kappa shape index (κ1) is 9.57. The van der Waals surface area contributed by atoms with Gasteiger partial charge in [-0.3, -0.25) is 0 Å². The lowest BCUT2D eigenvalue weighted by atomic mass is 10.1. The summed E-state index contributed by atoms with van der Waals surface area (Å²) in [6.45, 7) is 0. The average molecular weight is 222 g/mol. The highest BCUT2D eigenvalue weighted by atomic mass is 35.5. The second kappa shape index (κ2) is 4.04. The Labute approximate surface area is 93.1 Å². The number of hydrogen-bond acceptors (Lipinski definition) is 0. The van der Waals surface area contributed by atoms with Gasteiger partial charge in [0.25, 0.3) is 0 Å². The average Bonchev–Trinajstić information content (AvgIpc) is 2.23. The highest BCUT2D eigenvalue weighted by Crippen LogP contribution is 2.32. The van der Waals surface area contributed by atoms with Gasteiger partial charge in [0.2, 0.25) is 0 Å². The van der Waals surface area contributed by atoms with Crippen LogP contribution >= 0.6 is 23.2 Å². The van der Waals surface area contributed by atoms with Crippen LogP contribution in [0.2, 0.25) is 10.0 Å². The molecule has 0 saturated carbocycles. The Morgan fingerprint density at radius 3 is 2.36 bits per heavy atom. The van der Waals surface area contributed by atoms with Gasteiger partial charge in [-0.25, -0.2) is 0 Å². The van der Waals surface area contributed by atoms with E-state index >= 15 is 0 Å². The third-order valence-electron chi connectivity index (χ3n) is 1.98. The highest BCUT2D eigenvalue weighted by Gasteiger charge is 2.05. The normalized spacial score (nSPS) is 10.1. The van der Waals surface area contributed by atoms with Crippen molar-refractivity contribution in [3.63, 3.8) is 0 Å². The SMILES string of the molecule is Clc1cccc(-c2cc[c]cc2)c1Cl. The summed E-state index contributed by atoms with van der Waals surface area (Å²) in [5.74, 6) is 0. The summed E-state index contributed by atoms with van der Waals surface area (Å²) in [7, 11) is 0. The van der Waals surface area contributed by atoms with Crippen LogP contribution in [-0.2, 0) is 0 Å². The molecule has 69 valence electrons. The molecule has 0 aliphatic heterocycles. The number of rotatable bonds is 1. The minimum absolute atomic E-state index is 0.581. The number of hydrogen-bond donors (Lipinski definition) is 0. The summed E-state index contributed by atoms with van der Waals surface area (Å²) in [5.41, 5.74) is 2.00. The molecule has 0 spiro atoms. The van der Waals surface area contributed by atoms with Gasteiger partial charge in [0.1, 0.15) is 0 Å². The first-order chi connectivity index (χ1) is 6.79. The molecule has 0 amide bonds. The molecule has 2 aromatic carbocycles. The van der Waals surface area contributed by atoms with Gasteiger partial charge < -0.3 is 0 Å². The molecule has 0 nitrogen and oxygen atoms in total. The molecule has 2 aromatic rings. The molecule has 0 heterocycles. The molecule has 0 N–H and O–H groups in total. The van der Waals surface area contributed by atoms with Crippen LogP contribution < -0.4 is 0 Å². The van der Waals surface area contributed by atoms with Crippen molar-refractivity contribution >= 4 is 23.2 Å². The third kappa shape index (κ3) is 1.77. The second-order valence-electron chi connectivity index (χ2n) is 2.89. The quantitative estimate of drug-likeness (QED) is 0.668. The van der Waals surface area contributed by atoms with Crippen molar-refractivity contribution in [2.24, 2.45) is 0 Å². The summed E-state index contributed by atoms with van der Waals surface area (Å²) in [6, 6.07) is 16.2. The van der Waals surface area contributed by atoms with Gasteiger partial charge >= 0.3 is 0 Å². The first-order valence-corrected chi connectivity index (χ1v) is 4.95. The fourth-order valence-electron chi connectivity index (χ4n) is 1.29. The van der Waals surface area contributed by atoms with Gasteiger partial charge in [0, 0.05) is 5.56 Å². The van der Waals surface area contributed by atoms with Crippen LogP contribution in [0.15, 0.2) is 42.5 Å². The van der Waals surface area contributed by atoms with E-state index < -0.39 is 0 Å². The lowest BCUT2D eigenvalue weighted by Crippen LogP contribution is -1.79. The third-order valence-corrected chi connectivity index (χ3v) is 2.80. The van der Waals surface area contributed by atoms with Gasteiger partial charge in [-0.05, 0) is 17.7 Å². The molecule has 14 heavy (non-hydrogen) atoms. The molecule has 0 aliphatic rings. The van der Waals surface area contributed by atoms with E-state index in [9.17, 15) is 0 Å². The van der Waals surface area contributed by atoms with E-state index in [1.54, 1.807) is 6.07 Å². The molecule has 2 heteroatoms. The summed E-state index contributed by atoms with van der Waals surface area (Å²) >= 11 is 12.0. The van der Waals surface area contributed by atoms with E-state index in [-0.39, 0.29) is 0 Å². The largest absolute Gasteiger partial charge is 0.0827 e. The first-order valence-electron chi connectivity index (χ1n) is 4.19. The van der Waals surface area contributed by atoms with Crippen LogP contribution in [0.3, 0.4) is 0 Å². The summed E-state index contributed by atoms with van der Waals surface area (Å²) in [5, 5.41) is 1.18. The molecule has 2 rings (SSSR count). The van der Waals surface area contributed by atoms with E-state index in [2.05, 4.69) is 6.07 Å². The maximum atomic E-state index is 6.09. The Bertz CT molecular complexity index is 435. The zero-order valence-electron chi connectivity index (χ0n) is 7.30. The maximum absolute atomic E-state index is 6.09. The fraction of sp³-hybridized carbons (Fsp3) is 0. The Balaban J connectivity index is 2.58. The summed E-state index contributed by atoms with van der Waals surface area (Å²) in [4.78, 5) is 0. The van der Waals surface area contributed by atoms with Gasteiger partial charge in [0.15, 0.2) is 0 Å². The van der Waals surface area contributed by atoms with E-state index in [0.29, 0.717) is 10.0 Å². The van der Waals surface area contributed by atoms with Crippen molar-refractivity contribution < 1.29 is 0 Å². The molecule has 0 unspecified atom stereocenters. The lowest BCUT2D eigenvalue weighted by Gasteiger charge is -2.04. The Hall–Kier alpha value is -0.980. The van der Waals surface area contributed by atoms with Crippen molar-refractivity contribution in [2.45, 2.75) is 0 Å². The zero-order chi connectivity index (χ0) is 9.97. The van der Waals surface area contributed by atoms with Crippen molar-refractivity contribution in [1.82, 2.24) is 0 Å². The molecule has 0 aromatic heterocycles. The maximum Gasteiger partial charge on any atom is 0.0670 e. The van der Waals surface area contributed by atoms with Crippen molar-refractivity contribution in [3.05, 3.63) is 58.6 Å². The van der Waals surface area contributed by atoms with Gasteiger partial charge in [-0.2, -0.15) is 0 Å². The summed E-state index contributed by atoms with van der Waals surface area (Å²) in [6.07, 6.45) is 0. The predicted molar refractivity (Wildman–Crippen MR) is 60.7 cm³/mol. The molecular weight excluding hydrogens is 215 g/mol. The van der Waals surface area contributed by atoms with Crippen molar-refractivity contribution in [1.29, 1.82) is 0 Å². The molecular formula is C12H7Cl2. The standard InChI is InChI=1S/C12H7Cl2/c13-11-8-4-7-10(12(11)14)9-5-2-1-3-6-9/h2-8H. The van der Waals surface area contributed by atoms with Gasteiger partial charge in [-0.15, -0.1) is 0 Å². The van der Waals surface area contributed by atoms with Crippen LogP contribution in [-0.4, -0.2) is 0 Å². The zero-order valence-corrected chi connectivity index (χ0v) is 8.81. The molecule has 0 bridgehead atoms. The number of benzene rings is 2. The minimum atomic E-state index is 0.581. The Morgan fingerprint density at radius 1 is 0.929 bits per heavy atom. The molecule has 0 atom stereocenters. The Kier molecular flexibility index (Phi) is 2.76. The Morgan fingerprint density at radius 2 is 1.64 bits per heavy atom. The van der Waals surface area contributed by atoms with E-state index in [1.807, 2.05) is 36.4 Å². The van der Waals surface area contributed by atoms with Crippen molar-refractivity contribution in [2.75, 3.05) is 0 Å². The molecule has 0 fully saturated rings. The highest BCUT2D eigenvalue weighted by molar-refractivity contribution is 6.43. The molecule has 0 saturated heterocycles. The van der Waals surface area contributed by atoms with Crippen LogP contribution in [0.5, 0.6) is 0 Å². The van der Waals surface area contributed by atoms with Gasteiger partial charge in [-0.1, -0.05) is 59.6 Å². The van der Waals surface area contributed by atoms with E-state index in [0.717, 1.165) is 11.1 Å². The molecule has 1 radical (unpaired) electrons. The monoisotopic (exact) mass is 221 g/mol. The predicted octanol–water partition coefficient (Wildman–Crippen LogP) is 4.46. The van der Waals surface area contributed by atoms with Crippen LogP contribution in [0.4, 0.5) is 0 Å². The fourth-order valence-corrected chi connectivity index (χ4v) is 1.70. The second-order valence-corrected chi connectivity index (χ2v) is 3.68. The lowest BCUT2D eigenvalue weighted by molar-refractivity contribution is 1.61. The number of halogens is 2. The van der Waals surface area contributed by atoms with Crippen LogP contribution in [0.1, 0.15) is 0 Å². The topological polar surface area (TPSA) is 0 Å². The minimum Gasteiger partial charge on any atom is -0.0827 e. The summed E-state index contributed by atoms with van der Waals surface area (Å²) < 4.78 is 0. The van der Waals surface area contributed by atoms with Gasteiger partial charge in [0.05, 0.1) is 10.0 Å². The van der Waals surface area contributed by atoms with Crippen molar-refractivity contribution in [3.8, 4) is 11.1 Å². The van der Waals surface area contributed by atoms with E-state index in [4.69, 9.17) is 23.2 Å². The smallest absolute Gasteiger partial charge is 0.0670 e. The van der Waals surface area contributed by atoms with Crippen LogP contribution in [0, 0.1) is 6.07 Å².